The van der Waals surface area contributed by atoms with E-state index >= 15 is 0 Å². The van der Waals surface area contributed by atoms with Crippen LogP contribution in [0.25, 0.3) is 11.3 Å². The van der Waals surface area contributed by atoms with Crippen molar-refractivity contribution < 1.29 is 18.3 Å². The summed E-state index contributed by atoms with van der Waals surface area (Å²) >= 11 is 0. The Balaban J connectivity index is 2.30. The first-order valence-corrected chi connectivity index (χ1v) is 7.98. The first-order valence-electron chi connectivity index (χ1n) is 7.98. The van der Waals surface area contributed by atoms with Gasteiger partial charge in [-0.3, -0.25) is 4.79 Å². The molecular weight excluding hydrogens is 371 g/mol. The number of rotatable bonds is 3. The highest BCUT2D eigenvalue weighted by atomic mass is 19.4. The second-order valence-electron chi connectivity index (χ2n) is 5.71. The van der Waals surface area contributed by atoms with Gasteiger partial charge in [-0.05, 0) is 18.2 Å². The largest absolute Gasteiger partial charge is 0.507 e. The maximum Gasteiger partial charge on any atom is 0.417 e. The predicted octanol–water partition coefficient (Wildman–Crippen LogP) is 3.99. The second-order valence-corrected chi connectivity index (χ2v) is 5.71. The quantitative estimate of drug-likeness (QED) is 0.695. The molecule has 5 nitrogen and oxygen atoms in total. The van der Waals surface area contributed by atoms with Gasteiger partial charge in [0.15, 0.2) is 0 Å². The molecule has 0 aliphatic rings. The van der Waals surface area contributed by atoms with Crippen molar-refractivity contribution >= 4 is 6.21 Å². The molecule has 0 spiro atoms. The highest BCUT2D eigenvalue weighted by molar-refractivity contribution is 5.83. The van der Waals surface area contributed by atoms with Crippen molar-refractivity contribution in [3.8, 4) is 23.1 Å². The zero-order valence-electron chi connectivity index (χ0n) is 14.2. The summed E-state index contributed by atoms with van der Waals surface area (Å²) in [6.45, 7) is 0. The number of hydrogen-bond acceptors (Lipinski definition) is 4. The Hall–Kier alpha value is -3.86. The Morgan fingerprint density at radius 2 is 1.71 bits per heavy atom. The van der Waals surface area contributed by atoms with Gasteiger partial charge >= 0.3 is 6.18 Å². The zero-order chi connectivity index (χ0) is 20.3. The van der Waals surface area contributed by atoms with Gasteiger partial charge in [-0.1, -0.05) is 42.5 Å². The van der Waals surface area contributed by atoms with Gasteiger partial charge in [0.05, 0.1) is 17.5 Å². The molecule has 28 heavy (non-hydrogen) atoms. The van der Waals surface area contributed by atoms with E-state index < -0.39 is 22.9 Å². The minimum absolute atomic E-state index is 0.118. The average Bonchev–Trinajstić information content (AvgIpc) is 2.67. The third-order valence-electron chi connectivity index (χ3n) is 3.92. The summed E-state index contributed by atoms with van der Waals surface area (Å²) in [4.78, 5) is 12.6. The lowest BCUT2D eigenvalue weighted by atomic mass is 10.0. The lowest BCUT2D eigenvalue weighted by Gasteiger charge is -2.14. The standard InChI is InChI=1S/C20H12F3N3O2/c21-20(22,23)16-10-17(13-6-2-1-3-7-13)26(19(28)15(16)11-24)25-12-14-8-4-5-9-18(14)27/h1-10,12,27H/b25-12+. The van der Waals surface area contributed by atoms with E-state index in [0.29, 0.717) is 5.56 Å². The SMILES string of the molecule is N#Cc1c(C(F)(F)F)cc(-c2ccccc2)n(/N=C/c2ccccc2O)c1=O. The Bertz CT molecular complexity index is 1140. The Kier molecular flexibility index (Phi) is 5.00. The Morgan fingerprint density at radius 1 is 1.07 bits per heavy atom. The summed E-state index contributed by atoms with van der Waals surface area (Å²) in [6.07, 6.45) is -3.74. The maximum atomic E-state index is 13.4. The van der Waals surface area contributed by atoms with Crippen LogP contribution in [0, 0.1) is 11.3 Å². The number of para-hydroxylation sites is 1. The lowest BCUT2D eigenvalue weighted by Crippen LogP contribution is -2.26. The van der Waals surface area contributed by atoms with Crippen LogP contribution in [-0.4, -0.2) is 16.0 Å². The number of pyridine rings is 1. The van der Waals surface area contributed by atoms with Gasteiger partial charge in [-0.15, -0.1) is 0 Å². The highest BCUT2D eigenvalue weighted by Crippen LogP contribution is 2.33. The monoisotopic (exact) mass is 383 g/mol. The molecule has 0 aliphatic heterocycles. The smallest absolute Gasteiger partial charge is 0.417 e. The molecule has 0 bridgehead atoms. The first kappa shape index (κ1) is 18.9. The molecule has 0 radical (unpaired) electrons. The van der Waals surface area contributed by atoms with E-state index in [0.717, 1.165) is 17.0 Å². The molecular formula is C20H12F3N3O2. The molecule has 1 aromatic heterocycles. The Morgan fingerprint density at radius 3 is 2.32 bits per heavy atom. The summed E-state index contributed by atoms with van der Waals surface area (Å²) < 4.78 is 40.8. The molecule has 0 saturated heterocycles. The van der Waals surface area contributed by atoms with E-state index in [-0.39, 0.29) is 17.0 Å². The van der Waals surface area contributed by atoms with Crippen molar-refractivity contribution in [2.45, 2.75) is 6.18 Å². The number of aromatic nitrogens is 1. The van der Waals surface area contributed by atoms with Gasteiger partial charge in [0, 0.05) is 11.1 Å². The van der Waals surface area contributed by atoms with E-state index in [1.807, 2.05) is 0 Å². The number of aromatic hydroxyl groups is 1. The number of nitrogens with zero attached hydrogens (tertiary/aromatic N) is 3. The number of alkyl halides is 3. The zero-order valence-corrected chi connectivity index (χ0v) is 14.2. The molecule has 8 heteroatoms. The van der Waals surface area contributed by atoms with Crippen molar-refractivity contribution in [2.75, 3.05) is 0 Å². The molecule has 1 N–H and O–H groups in total. The summed E-state index contributed by atoms with van der Waals surface area (Å²) in [5.74, 6) is -0.118. The number of nitriles is 1. The maximum absolute atomic E-state index is 13.4. The van der Waals surface area contributed by atoms with Crippen LogP contribution in [0.1, 0.15) is 16.7 Å². The number of halogens is 3. The Labute approximate surface area is 157 Å². The van der Waals surface area contributed by atoms with E-state index in [1.54, 1.807) is 30.3 Å². The van der Waals surface area contributed by atoms with Gasteiger partial charge in [-0.25, -0.2) is 0 Å². The molecule has 3 rings (SSSR count). The number of hydrogen-bond donors (Lipinski definition) is 1. The topological polar surface area (TPSA) is 78.4 Å². The van der Waals surface area contributed by atoms with Crippen LogP contribution in [0.3, 0.4) is 0 Å². The molecule has 0 fully saturated rings. The molecule has 140 valence electrons. The average molecular weight is 383 g/mol. The summed E-state index contributed by atoms with van der Waals surface area (Å²) in [5, 5.41) is 22.9. The molecule has 1 heterocycles. The van der Waals surface area contributed by atoms with Gasteiger partial charge in [0.2, 0.25) is 0 Å². The van der Waals surface area contributed by atoms with Crippen LogP contribution < -0.4 is 5.56 Å². The van der Waals surface area contributed by atoms with Crippen LogP contribution in [0.5, 0.6) is 5.75 Å². The van der Waals surface area contributed by atoms with Crippen molar-refractivity contribution in [1.29, 1.82) is 5.26 Å². The van der Waals surface area contributed by atoms with Gasteiger partial charge in [-0.2, -0.15) is 28.2 Å². The van der Waals surface area contributed by atoms with Crippen LogP contribution in [-0.2, 0) is 6.18 Å². The minimum Gasteiger partial charge on any atom is -0.507 e. The van der Waals surface area contributed by atoms with Crippen LogP contribution in [0.15, 0.2) is 70.6 Å². The van der Waals surface area contributed by atoms with Crippen LogP contribution in [0.2, 0.25) is 0 Å². The second kappa shape index (κ2) is 7.40. The number of benzene rings is 2. The van der Waals surface area contributed by atoms with Gasteiger partial charge in [0.25, 0.3) is 5.56 Å². The fourth-order valence-corrected chi connectivity index (χ4v) is 2.58. The van der Waals surface area contributed by atoms with E-state index in [9.17, 15) is 23.1 Å². The van der Waals surface area contributed by atoms with E-state index in [1.165, 1.54) is 30.3 Å². The van der Waals surface area contributed by atoms with Crippen molar-refractivity contribution in [1.82, 2.24) is 4.68 Å². The molecule has 0 saturated carbocycles. The fraction of sp³-hybridized carbons (Fsp3) is 0.0500. The molecule has 0 aliphatic carbocycles. The summed E-state index contributed by atoms with van der Waals surface area (Å²) in [6, 6.07) is 16.1. The number of phenols is 1. The van der Waals surface area contributed by atoms with Crippen LogP contribution >= 0.6 is 0 Å². The molecule has 3 aromatic rings. The molecule has 2 aromatic carbocycles. The highest BCUT2D eigenvalue weighted by Gasteiger charge is 2.36. The lowest BCUT2D eigenvalue weighted by molar-refractivity contribution is -0.137. The summed E-state index contributed by atoms with van der Waals surface area (Å²) in [7, 11) is 0. The van der Waals surface area contributed by atoms with Gasteiger partial charge < -0.3 is 5.11 Å². The summed E-state index contributed by atoms with van der Waals surface area (Å²) in [5.41, 5.74) is -3.16. The van der Waals surface area contributed by atoms with Crippen molar-refractivity contribution in [3.63, 3.8) is 0 Å². The molecule has 0 unspecified atom stereocenters. The first-order chi connectivity index (χ1) is 13.3. The van der Waals surface area contributed by atoms with Crippen molar-refractivity contribution in [3.05, 3.63) is 87.7 Å². The third-order valence-corrected chi connectivity index (χ3v) is 3.92. The minimum atomic E-state index is -4.88. The van der Waals surface area contributed by atoms with Gasteiger partial charge in [0.1, 0.15) is 17.4 Å². The van der Waals surface area contributed by atoms with Crippen molar-refractivity contribution in [2.24, 2.45) is 5.10 Å². The van der Waals surface area contributed by atoms with E-state index in [2.05, 4.69) is 5.10 Å². The third kappa shape index (κ3) is 3.64. The number of phenolic OH excluding ortho intramolecular Hbond substituents is 1. The van der Waals surface area contributed by atoms with Crippen LogP contribution in [0.4, 0.5) is 13.2 Å². The molecule has 0 atom stereocenters. The van der Waals surface area contributed by atoms with E-state index in [4.69, 9.17) is 5.26 Å². The fourth-order valence-electron chi connectivity index (χ4n) is 2.58. The predicted molar refractivity (Wildman–Crippen MR) is 97.0 cm³/mol. The molecule has 0 amide bonds. The normalized spacial score (nSPS) is 11.5.